The molecule has 0 aliphatic heterocycles. The number of nitriles is 1. The summed E-state index contributed by atoms with van der Waals surface area (Å²) in [6, 6.07) is 5.20. The van der Waals surface area contributed by atoms with Crippen LogP contribution in [0.3, 0.4) is 0 Å². The summed E-state index contributed by atoms with van der Waals surface area (Å²) in [7, 11) is 1.91. The summed E-state index contributed by atoms with van der Waals surface area (Å²) in [5.41, 5.74) is 0.479. The second-order valence-electron chi connectivity index (χ2n) is 3.48. The second-order valence-corrected chi connectivity index (χ2v) is 3.87. The lowest BCUT2D eigenvalue weighted by atomic mass is 10.3. The Hall–Kier alpha value is -2.06. The van der Waals surface area contributed by atoms with Gasteiger partial charge in [-0.2, -0.15) is 5.26 Å². The Morgan fingerprint density at radius 2 is 2.35 bits per heavy atom. The summed E-state index contributed by atoms with van der Waals surface area (Å²) in [6.45, 7) is 0.529. The predicted molar refractivity (Wildman–Crippen MR) is 64.5 cm³/mol. The van der Waals surface area contributed by atoms with Gasteiger partial charge < -0.3 is 9.88 Å². The topological polar surface area (TPSA) is 66.5 Å². The lowest BCUT2D eigenvalue weighted by Gasteiger charge is -2.06. The minimum absolute atomic E-state index is 0.298. The number of aryl methyl sites for hydroxylation is 1. The van der Waals surface area contributed by atoms with Crippen molar-refractivity contribution in [1.82, 2.24) is 14.5 Å². The van der Waals surface area contributed by atoms with Gasteiger partial charge in [-0.05, 0) is 12.1 Å². The summed E-state index contributed by atoms with van der Waals surface area (Å²) < 4.78 is 1.91. The molecular formula is C11H10ClN5. The van der Waals surface area contributed by atoms with E-state index in [0.29, 0.717) is 23.1 Å². The molecule has 0 atom stereocenters. The fourth-order valence-electron chi connectivity index (χ4n) is 1.39. The first kappa shape index (κ1) is 11.4. The minimum Gasteiger partial charge on any atom is -0.363 e. The van der Waals surface area contributed by atoms with Gasteiger partial charge in [0.15, 0.2) is 0 Å². The molecule has 2 rings (SSSR count). The predicted octanol–water partition coefficient (Wildman–Crippen LogP) is 1.95. The third-order valence-electron chi connectivity index (χ3n) is 2.27. The average molecular weight is 248 g/mol. The molecule has 0 spiro atoms. The Morgan fingerprint density at radius 3 is 3.00 bits per heavy atom. The van der Waals surface area contributed by atoms with E-state index < -0.39 is 0 Å². The van der Waals surface area contributed by atoms with Crippen molar-refractivity contribution in [1.29, 1.82) is 5.26 Å². The zero-order valence-corrected chi connectivity index (χ0v) is 9.94. The van der Waals surface area contributed by atoms with E-state index in [0.717, 1.165) is 5.82 Å². The zero-order valence-electron chi connectivity index (χ0n) is 9.18. The van der Waals surface area contributed by atoms with E-state index in [1.54, 1.807) is 12.3 Å². The van der Waals surface area contributed by atoms with Gasteiger partial charge in [-0.15, -0.1) is 0 Å². The first-order valence-corrected chi connectivity index (χ1v) is 5.34. The van der Waals surface area contributed by atoms with Crippen LogP contribution in [0.5, 0.6) is 0 Å². The van der Waals surface area contributed by atoms with E-state index in [2.05, 4.69) is 15.3 Å². The lowest BCUT2D eigenvalue weighted by molar-refractivity contribution is 0.811. The molecule has 0 fully saturated rings. The van der Waals surface area contributed by atoms with Crippen molar-refractivity contribution >= 4 is 17.4 Å². The normalized spacial score (nSPS) is 9.94. The first-order valence-electron chi connectivity index (χ1n) is 4.97. The highest BCUT2D eigenvalue weighted by Gasteiger charge is 2.03. The highest BCUT2D eigenvalue weighted by atomic mass is 35.5. The van der Waals surface area contributed by atoms with Crippen molar-refractivity contribution in [3.63, 3.8) is 0 Å². The second kappa shape index (κ2) is 4.85. The molecule has 17 heavy (non-hydrogen) atoms. The Kier molecular flexibility index (Phi) is 3.26. The summed E-state index contributed by atoms with van der Waals surface area (Å²) in [4.78, 5) is 8.25. The van der Waals surface area contributed by atoms with E-state index in [1.165, 1.54) is 6.07 Å². The van der Waals surface area contributed by atoms with Crippen LogP contribution in [0.2, 0.25) is 5.15 Å². The molecule has 0 bridgehead atoms. The van der Waals surface area contributed by atoms with Crippen molar-refractivity contribution in [2.75, 3.05) is 5.32 Å². The highest BCUT2D eigenvalue weighted by molar-refractivity contribution is 6.29. The number of nitrogens with one attached hydrogen (secondary N) is 1. The molecule has 0 saturated heterocycles. The smallest absolute Gasteiger partial charge is 0.132 e. The maximum Gasteiger partial charge on any atom is 0.132 e. The van der Waals surface area contributed by atoms with Crippen LogP contribution in [-0.4, -0.2) is 14.5 Å². The fraction of sp³-hybridized carbons (Fsp3) is 0.182. The molecule has 86 valence electrons. The summed E-state index contributed by atoms with van der Waals surface area (Å²) in [5.74, 6) is 1.45. The molecule has 2 aromatic rings. The van der Waals surface area contributed by atoms with E-state index in [-0.39, 0.29) is 0 Å². The van der Waals surface area contributed by atoms with Gasteiger partial charge in [0, 0.05) is 19.4 Å². The number of anilines is 1. The number of rotatable bonds is 3. The zero-order chi connectivity index (χ0) is 12.3. The molecule has 1 N–H and O–H groups in total. The van der Waals surface area contributed by atoms with Crippen LogP contribution in [0, 0.1) is 11.3 Å². The van der Waals surface area contributed by atoms with Gasteiger partial charge in [-0.3, -0.25) is 0 Å². The van der Waals surface area contributed by atoms with E-state index in [4.69, 9.17) is 16.9 Å². The van der Waals surface area contributed by atoms with Crippen LogP contribution in [0.4, 0.5) is 5.82 Å². The first-order chi connectivity index (χ1) is 8.19. The molecule has 0 unspecified atom stereocenters. The monoisotopic (exact) mass is 247 g/mol. The molecule has 5 nitrogen and oxygen atoms in total. The highest BCUT2D eigenvalue weighted by Crippen LogP contribution is 2.14. The van der Waals surface area contributed by atoms with Gasteiger partial charge in [0.1, 0.15) is 16.8 Å². The van der Waals surface area contributed by atoms with Crippen LogP contribution < -0.4 is 5.32 Å². The largest absolute Gasteiger partial charge is 0.363 e. The van der Waals surface area contributed by atoms with Crippen LogP contribution in [0.15, 0.2) is 24.5 Å². The van der Waals surface area contributed by atoms with Crippen molar-refractivity contribution in [2.45, 2.75) is 6.54 Å². The molecular weight excluding hydrogens is 238 g/mol. The Balaban J connectivity index is 2.12. The summed E-state index contributed by atoms with van der Waals surface area (Å²) in [6.07, 6.45) is 3.59. The fourth-order valence-corrected chi connectivity index (χ4v) is 1.60. The number of hydrogen-bond donors (Lipinski definition) is 1. The number of hydrogen-bond acceptors (Lipinski definition) is 4. The van der Waals surface area contributed by atoms with Gasteiger partial charge >= 0.3 is 0 Å². The van der Waals surface area contributed by atoms with E-state index in [1.807, 2.05) is 23.9 Å². The van der Waals surface area contributed by atoms with Crippen molar-refractivity contribution in [2.24, 2.45) is 7.05 Å². The third-order valence-corrected chi connectivity index (χ3v) is 2.47. The summed E-state index contributed by atoms with van der Waals surface area (Å²) in [5, 5.41) is 12.2. The van der Waals surface area contributed by atoms with E-state index in [9.17, 15) is 0 Å². The molecule has 0 amide bonds. The number of imidazole rings is 1. The van der Waals surface area contributed by atoms with Crippen molar-refractivity contribution < 1.29 is 0 Å². The molecule has 0 saturated carbocycles. The van der Waals surface area contributed by atoms with Gasteiger partial charge in [0.2, 0.25) is 0 Å². The Morgan fingerprint density at radius 1 is 1.53 bits per heavy atom. The Bertz CT molecular complexity index is 569. The quantitative estimate of drug-likeness (QED) is 0.842. The maximum absolute atomic E-state index is 8.80. The Labute approximate surface area is 104 Å². The van der Waals surface area contributed by atoms with Crippen LogP contribution >= 0.6 is 11.6 Å². The molecule has 0 aromatic carbocycles. The number of nitrogens with zero attached hydrogens (tertiary/aromatic N) is 4. The van der Waals surface area contributed by atoms with Gasteiger partial charge in [-0.1, -0.05) is 11.6 Å². The van der Waals surface area contributed by atoms with Crippen LogP contribution in [0.25, 0.3) is 0 Å². The van der Waals surface area contributed by atoms with Crippen LogP contribution in [0.1, 0.15) is 11.4 Å². The lowest BCUT2D eigenvalue weighted by Crippen LogP contribution is -2.06. The molecule has 6 heteroatoms. The number of aromatic nitrogens is 3. The molecule has 0 radical (unpaired) electrons. The third kappa shape index (κ3) is 2.74. The van der Waals surface area contributed by atoms with Gasteiger partial charge in [-0.25, -0.2) is 9.97 Å². The minimum atomic E-state index is 0.298. The number of pyridine rings is 1. The van der Waals surface area contributed by atoms with Crippen LogP contribution in [-0.2, 0) is 13.6 Å². The summed E-state index contributed by atoms with van der Waals surface area (Å²) >= 11 is 5.80. The van der Waals surface area contributed by atoms with Gasteiger partial charge in [0.05, 0.1) is 18.2 Å². The molecule has 2 heterocycles. The molecule has 0 aliphatic carbocycles. The van der Waals surface area contributed by atoms with Crippen molar-refractivity contribution in [3.05, 3.63) is 41.1 Å². The molecule has 2 aromatic heterocycles. The molecule has 0 aliphatic rings. The van der Waals surface area contributed by atoms with Crippen molar-refractivity contribution in [3.8, 4) is 6.07 Å². The number of halogens is 1. The standard InChI is InChI=1S/C11H10ClN5/c1-17-3-2-14-11(17)7-15-10-5-8(6-13)4-9(12)16-10/h2-5H,7H2,1H3,(H,15,16). The SMILES string of the molecule is Cn1ccnc1CNc1cc(C#N)cc(Cl)n1. The van der Waals surface area contributed by atoms with E-state index >= 15 is 0 Å². The maximum atomic E-state index is 8.80. The van der Waals surface area contributed by atoms with Gasteiger partial charge in [0.25, 0.3) is 0 Å². The average Bonchev–Trinajstić information content (AvgIpc) is 2.71.